The molecule has 1 saturated heterocycles. The zero-order chi connectivity index (χ0) is 27.9. The monoisotopic (exact) mass is 542 g/mol. The van der Waals surface area contributed by atoms with Gasteiger partial charge in [0.25, 0.3) is 5.89 Å². The molecule has 11 heteroatoms. The van der Waals surface area contributed by atoms with E-state index in [1.54, 1.807) is 17.1 Å². The highest BCUT2D eigenvalue weighted by Gasteiger charge is 2.33. The van der Waals surface area contributed by atoms with Crippen molar-refractivity contribution in [3.05, 3.63) is 65.8 Å². The minimum Gasteiger partial charge on any atom is -0.418 e. The van der Waals surface area contributed by atoms with Crippen LogP contribution in [0.25, 0.3) is 11.3 Å². The minimum absolute atomic E-state index is 0.0424. The van der Waals surface area contributed by atoms with E-state index >= 15 is 0 Å². The molecule has 208 valence electrons. The Bertz CT molecular complexity index is 1520. The number of carbonyl (C=O) groups excluding carboxylic acids is 1. The van der Waals surface area contributed by atoms with E-state index in [4.69, 9.17) is 14.1 Å². The largest absolute Gasteiger partial charge is 0.418 e. The first kappa shape index (κ1) is 26.3. The first-order valence-electron chi connectivity index (χ1n) is 13.6. The van der Waals surface area contributed by atoms with E-state index in [0.717, 1.165) is 49.7 Å². The van der Waals surface area contributed by atoms with Crippen LogP contribution in [0.4, 0.5) is 11.6 Å². The minimum atomic E-state index is -0.309. The maximum absolute atomic E-state index is 13.3. The molecule has 5 heterocycles. The van der Waals surface area contributed by atoms with Crippen LogP contribution in [0, 0.1) is 0 Å². The Balaban J connectivity index is 1.28. The van der Waals surface area contributed by atoms with Gasteiger partial charge >= 0.3 is 0 Å². The van der Waals surface area contributed by atoms with E-state index in [1.807, 2.05) is 40.1 Å². The summed E-state index contributed by atoms with van der Waals surface area (Å²) < 4.78 is 13.0. The summed E-state index contributed by atoms with van der Waals surface area (Å²) in [5.41, 5.74) is 4.71. The molecule has 0 radical (unpaired) electrons. The number of carbonyl (C=O) groups is 1. The van der Waals surface area contributed by atoms with Gasteiger partial charge in [0.1, 0.15) is 0 Å². The highest BCUT2D eigenvalue weighted by atomic mass is 16.5. The number of nitrogens with zero attached hydrogens (tertiary/aromatic N) is 7. The molecule has 0 spiro atoms. The van der Waals surface area contributed by atoms with Gasteiger partial charge in [0.2, 0.25) is 17.6 Å². The quantitative estimate of drug-likeness (QED) is 0.339. The van der Waals surface area contributed by atoms with Crippen molar-refractivity contribution in [1.82, 2.24) is 34.8 Å². The molecule has 0 aliphatic carbocycles. The second-order valence-corrected chi connectivity index (χ2v) is 11.6. The standard InChI is InChI=1S/C29H34N8O3/c1-29(2,3)27-35-34-26(40-27)25(38)12-18-8-10-37(22-16-39-17-22)14-20-11-19(5-6-23(18)20)24-7-9-30-28(33-24)32-21-13-31-36(4)15-21/h5-7,9,11,13,15,18,22H,8,10,12,14,16-17H2,1-4H3,(H,30,32,33). The van der Waals surface area contributed by atoms with Crippen molar-refractivity contribution in [1.29, 1.82) is 0 Å². The van der Waals surface area contributed by atoms with E-state index in [9.17, 15) is 4.79 Å². The summed E-state index contributed by atoms with van der Waals surface area (Å²) >= 11 is 0. The third-order valence-corrected chi connectivity index (χ3v) is 7.51. The van der Waals surface area contributed by atoms with E-state index in [2.05, 4.69) is 48.7 Å². The van der Waals surface area contributed by atoms with Crippen molar-refractivity contribution in [2.24, 2.45) is 7.05 Å². The number of benzene rings is 1. The van der Waals surface area contributed by atoms with Crippen molar-refractivity contribution in [3.8, 4) is 11.3 Å². The van der Waals surface area contributed by atoms with Gasteiger partial charge in [-0.05, 0) is 42.1 Å². The van der Waals surface area contributed by atoms with Crippen LogP contribution >= 0.6 is 0 Å². The summed E-state index contributed by atoms with van der Waals surface area (Å²) in [6.45, 7) is 9.13. The lowest BCUT2D eigenvalue weighted by Gasteiger charge is -2.36. The Hall–Kier alpha value is -3.96. The number of nitrogens with one attached hydrogen (secondary N) is 1. The van der Waals surface area contributed by atoms with Crippen LogP contribution in [0.2, 0.25) is 0 Å². The van der Waals surface area contributed by atoms with Gasteiger partial charge in [-0.1, -0.05) is 32.9 Å². The number of fused-ring (bicyclic) bond motifs is 1. The fraction of sp³-hybridized carbons (Fsp3) is 0.448. The molecule has 2 aliphatic rings. The van der Waals surface area contributed by atoms with Crippen LogP contribution in [0.1, 0.15) is 67.2 Å². The molecule has 1 N–H and O–H groups in total. The smallest absolute Gasteiger partial charge is 0.284 e. The highest BCUT2D eigenvalue weighted by Crippen LogP contribution is 2.36. The zero-order valence-electron chi connectivity index (χ0n) is 23.3. The molecule has 4 aromatic rings. The van der Waals surface area contributed by atoms with Crippen LogP contribution in [-0.4, -0.2) is 66.4 Å². The molecule has 2 aliphatic heterocycles. The van der Waals surface area contributed by atoms with Gasteiger partial charge in [-0.15, -0.1) is 10.2 Å². The molecule has 1 atom stereocenters. The average Bonchev–Trinajstić information content (AvgIpc) is 3.51. The molecule has 3 aromatic heterocycles. The first-order valence-corrected chi connectivity index (χ1v) is 13.6. The Kier molecular flexibility index (Phi) is 6.93. The van der Waals surface area contributed by atoms with Crippen LogP contribution in [0.5, 0.6) is 0 Å². The van der Waals surface area contributed by atoms with E-state index in [0.29, 0.717) is 24.3 Å². The number of aryl methyl sites for hydroxylation is 1. The second kappa shape index (κ2) is 10.5. The number of hydrogen-bond acceptors (Lipinski definition) is 10. The number of hydrogen-bond donors (Lipinski definition) is 1. The Labute approximate surface area is 233 Å². The maximum Gasteiger partial charge on any atom is 0.284 e. The van der Waals surface area contributed by atoms with Gasteiger partial charge in [-0.3, -0.25) is 14.4 Å². The van der Waals surface area contributed by atoms with Crippen LogP contribution < -0.4 is 5.32 Å². The SMILES string of the molecule is Cn1cc(Nc2nccc(-c3ccc4c(c3)CN(C3COC3)CCC4CC(=O)c3nnc(C(C)(C)C)o3)n2)cn1. The number of rotatable bonds is 7. The lowest BCUT2D eigenvalue weighted by molar-refractivity contribution is -0.0677. The lowest BCUT2D eigenvalue weighted by atomic mass is 9.87. The predicted molar refractivity (Wildman–Crippen MR) is 148 cm³/mol. The number of ketones is 1. The molecule has 0 amide bonds. The van der Waals surface area contributed by atoms with Crippen LogP contribution in [0.15, 0.2) is 47.3 Å². The molecule has 6 rings (SSSR count). The van der Waals surface area contributed by atoms with Crippen LogP contribution in [0.3, 0.4) is 0 Å². The van der Waals surface area contributed by atoms with Crippen molar-refractivity contribution in [2.75, 3.05) is 25.1 Å². The topological polar surface area (TPSA) is 124 Å². The number of anilines is 2. The van der Waals surface area contributed by atoms with Crippen molar-refractivity contribution < 1.29 is 13.9 Å². The molecule has 40 heavy (non-hydrogen) atoms. The first-order chi connectivity index (χ1) is 19.2. The molecule has 1 fully saturated rings. The molecular weight excluding hydrogens is 508 g/mol. The van der Waals surface area contributed by atoms with Gasteiger partial charge in [-0.2, -0.15) is 5.10 Å². The summed E-state index contributed by atoms with van der Waals surface area (Å²) in [7, 11) is 1.86. The number of Topliss-reactive ketones (excluding diaryl/α,β-unsaturated/α-hetero) is 1. The second-order valence-electron chi connectivity index (χ2n) is 11.6. The van der Waals surface area contributed by atoms with E-state index in [1.165, 1.54) is 11.1 Å². The summed E-state index contributed by atoms with van der Waals surface area (Å²) in [4.78, 5) is 24.9. The van der Waals surface area contributed by atoms with Crippen molar-refractivity contribution in [3.63, 3.8) is 0 Å². The van der Waals surface area contributed by atoms with Crippen molar-refractivity contribution in [2.45, 2.75) is 57.5 Å². The maximum atomic E-state index is 13.3. The number of ether oxygens (including phenoxy) is 1. The molecule has 0 saturated carbocycles. The average molecular weight is 543 g/mol. The number of aromatic nitrogens is 6. The zero-order valence-corrected chi connectivity index (χ0v) is 23.3. The Morgan fingerprint density at radius 2 is 2.02 bits per heavy atom. The van der Waals surface area contributed by atoms with E-state index in [-0.39, 0.29) is 23.0 Å². The molecule has 1 unspecified atom stereocenters. The van der Waals surface area contributed by atoms with Gasteiger partial charge < -0.3 is 14.5 Å². The Morgan fingerprint density at radius 1 is 1.18 bits per heavy atom. The summed E-state index contributed by atoms with van der Waals surface area (Å²) in [6, 6.07) is 8.73. The predicted octanol–water partition coefficient (Wildman–Crippen LogP) is 4.26. The molecule has 11 nitrogen and oxygen atoms in total. The molecule has 1 aromatic carbocycles. The van der Waals surface area contributed by atoms with Crippen LogP contribution in [-0.2, 0) is 23.7 Å². The summed E-state index contributed by atoms with van der Waals surface area (Å²) in [5.74, 6) is 0.990. The highest BCUT2D eigenvalue weighted by molar-refractivity contribution is 5.92. The Morgan fingerprint density at radius 3 is 2.73 bits per heavy atom. The van der Waals surface area contributed by atoms with Crippen molar-refractivity contribution >= 4 is 17.4 Å². The third kappa shape index (κ3) is 5.52. The van der Waals surface area contributed by atoms with Gasteiger partial charge in [0.15, 0.2) is 0 Å². The van der Waals surface area contributed by atoms with Gasteiger partial charge in [0, 0.05) is 43.4 Å². The fourth-order valence-corrected chi connectivity index (χ4v) is 5.18. The molecular formula is C29H34N8O3. The lowest BCUT2D eigenvalue weighted by Crippen LogP contribution is -2.48. The molecule has 0 bridgehead atoms. The summed E-state index contributed by atoms with van der Waals surface area (Å²) in [6.07, 6.45) is 6.54. The van der Waals surface area contributed by atoms with E-state index < -0.39 is 0 Å². The fourth-order valence-electron chi connectivity index (χ4n) is 5.18. The van der Waals surface area contributed by atoms with Gasteiger partial charge in [-0.25, -0.2) is 9.97 Å². The van der Waals surface area contributed by atoms with Gasteiger partial charge in [0.05, 0.1) is 36.8 Å². The normalized spacial score (nSPS) is 18.1. The summed E-state index contributed by atoms with van der Waals surface area (Å²) in [5, 5.41) is 15.6. The third-order valence-electron chi connectivity index (χ3n) is 7.51.